The van der Waals surface area contributed by atoms with Crippen LogP contribution in [0.3, 0.4) is 0 Å². The molecule has 4 nitrogen and oxygen atoms in total. The zero-order chi connectivity index (χ0) is 19.8. The van der Waals surface area contributed by atoms with Gasteiger partial charge in [-0.3, -0.25) is 9.59 Å². The Kier molecular flexibility index (Phi) is 7.24. The largest absolute Gasteiger partial charge is 0.356 e. The van der Waals surface area contributed by atoms with Crippen LogP contribution in [0.1, 0.15) is 42.4 Å². The van der Waals surface area contributed by atoms with Crippen molar-refractivity contribution in [2.24, 2.45) is 11.8 Å². The van der Waals surface area contributed by atoms with E-state index in [4.69, 9.17) is 0 Å². The summed E-state index contributed by atoms with van der Waals surface area (Å²) in [5.41, 5.74) is 3.58. The third-order valence-electron chi connectivity index (χ3n) is 5.74. The van der Waals surface area contributed by atoms with Gasteiger partial charge in [-0.1, -0.05) is 54.6 Å². The van der Waals surface area contributed by atoms with Crippen LogP contribution in [0.5, 0.6) is 0 Å². The minimum absolute atomic E-state index is 0.0254. The highest BCUT2D eigenvalue weighted by molar-refractivity contribution is 5.81. The maximum Gasteiger partial charge on any atom is 0.223 e. The van der Waals surface area contributed by atoms with Crippen LogP contribution in [0.2, 0.25) is 0 Å². The minimum atomic E-state index is 0.0254. The van der Waals surface area contributed by atoms with E-state index >= 15 is 0 Å². The topological polar surface area (TPSA) is 58.2 Å². The highest BCUT2D eigenvalue weighted by Crippen LogP contribution is 2.29. The fourth-order valence-corrected chi connectivity index (χ4v) is 3.87. The molecule has 1 aliphatic rings. The molecule has 28 heavy (non-hydrogen) atoms. The molecule has 4 heteroatoms. The van der Waals surface area contributed by atoms with Crippen molar-refractivity contribution in [2.45, 2.75) is 45.6 Å². The summed E-state index contributed by atoms with van der Waals surface area (Å²) in [6.45, 7) is 3.30. The summed E-state index contributed by atoms with van der Waals surface area (Å²) in [5, 5.41) is 6.12. The van der Waals surface area contributed by atoms with E-state index in [1.807, 2.05) is 36.4 Å². The van der Waals surface area contributed by atoms with Crippen molar-refractivity contribution in [1.29, 1.82) is 0 Å². The average molecular weight is 379 g/mol. The number of hydrogen-bond donors (Lipinski definition) is 2. The molecule has 0 aromatic heterocycles. The van der Waals surface area contributed by atoms with Crippen LogP contribution < -0.4 is 10.6 Å². The summed E-state index contributed by atoms with van der Waals surface area (Å²) in [4.78, 5) is 24.9. The van der Waals surface area contributed by atoms with Gasteiger partial charge in [0.2, 0.25) is 11.8 Å². The summed E-state index contributed by atoms with van der Waals surface area (Å²) in [5.74, 6) is 0.314. The Morgan fingerprint density at radius 1 is 0.821 bits per heavy atom. The Balaban J connectivity index is 1.37. The van der Waals surface area contributed by atoms with Gasteiger partial charge in [-0.2, -0.15) is 0 Å². The Morgan fingerprint density at radius 2 is 1.39 bits per heavy atom. The Bertz CT molecular complexity index is 780. The number of aryl methyl sites for hydroxylation is 1. The smallest absolute Gasteiger partial charge is 0.223 e. The van der Waals surface area contributed by atoms with Crippen molar-refractivity contribution in [3.8, 4) is 0 Å². The molecule has 0 saturated heterocycles. The molecule has 0 atom stereocenters. The van der Waals surface area contributed by atoms with Gasteiger partial charge in [-0.05, 0) is 55.7 Å². The van der Waals surface area contributed by atoms with Gasteiger partial charge in [0.15, 0.2) is 0 Å². The molecule has 2 aromatic rings. The number of benzene rings is 2. The van der Waals surface area contributed by atoms with Crippen LogP contribution in [0.15, 0.2) is 54.6 Å². The molecular weight excluding hydrogens is 348 g/mol. The van der Waals surface area contributed by atoms with Crippen molar-refractivity contribution in [3.05, 3.63) is 71.3 Å². The van der Waals surface area contributed by atoms with E-state index in [1.165, 1.54) is 11.1 Å². The molecule has 0 unspecified atom stereocenters. The fourth-order valence-electron chi connectivity index (χ4n) is 3.87. The number of amides is 2. The molecule has 2 N–H and O–H groups in total. The second-order valence-electron chi connectivity index (χ2n) is 7.72. The molecule has 1 fully saturated rings. The standard InChI is InChI=1S/C24H30N2O2/c1-18-7-5-6-10-22(18)17-26-24(28)21-13-11-20(12-14-21)23(27)25-16-15-19-8-3-2-4-9-19/h2-10,20-21H,11-17H2,1H3,(H,25,27)(H,26,28). The summed E-state index contributed by atoms with van der Waals surface area (Å²) < 4.78 is 0. The zero-order valence-electron chi connectivity index (χ0n) is 16.6. The number of nitrogens with one attached hydrogen (secondary N) is 2. The number of rotatable bonds is 7. The number of hydrogen-bond acceptors (Lipinski definition) is 2. The van der Waals surface area contributed by atoms with Crippen LogP contribution in [0.25, 0.3) is 0 Å². The van der Waals surface area contributed by atoms with E-state index in [0.29, 0.717) is 13.1 Å². The first-order valence-corrected chi connectivity index (χ1v) is 10.3. The molecule has 3 rings (SSSR count). The van der Waals surface area contributed by atoms with Gasteiger partial charge in [0.05, 0.1) is 0 Å². The first kappa shape index (κ1) is 20.1. The lowest BCUT2D eigenvalue weighted by molar-refractivity contribution is -0.130. The molecule has 2 aromatic carbocycles. The molecule has 0 radical (unpaired) electrons. The summed E-state index contributed by atoms with van der Waals surface area (Å²) in [6, 6.07) is 18.3. The molecule has 0 spiro atoms. The van der Waals surface area contributed by atoms with Crippen LogP contribution in [0, 0.1) is 18.8 Å². The molecule has 0 heterocycles. The summed E-state index contributed by atoms with van der Waals surface area (Å²) >= 11 is 0. The fraction of sp³-hybridized carbons (Fsp3) is 0.417. The lowest BCUT2D eigenvalue weighted by Crippen LogP contribution is -2.38. The highest BCUT2D eigenvalue weighted by Gasteiger charge is 2.29. The lowest BCUT2D eigenvalue weighted by Gasteiger charge is -2.27. The van der Waals surface area contributed by atoms with Crippen LogP contribution in [0.4, 0.5) is 0 Å². The molecule has 2 amide bonds. The molecular formula is C24H30N2O2. The Hall–Kier alpha value is -2.62. The molecule has 0 bridgehead atoms. The van der Waals surface area contributed by atoms with Crippen molar-refractivity contribution in [1.82, 2.24) is 10.6 Å². The van der Waals surface area contributed by atoms with Crippen LogP contribution in [-0.4, -0.2) is 18.4 Å². The summed E-state index contributed by atoms with van der Waals surface area (Å²) in [6.07, 6.45) is 4.01. The van der Waals surface area contributed by atoms with Gasteiger partial charge < -0.3 is 10.6 Å². The molecule has 0 aliphatic heterocycles. The van der Waals surface area contributed by atoms with Gasteiger partial charge in [-0.15, -0.1) is 0 Å². The van der Waals surface area contributed by atoms with E-state index < -0.39 is 0 Å². The SMILES string of the molecule is Cc1ccccc1CNC(=O)C1CCC(C(=O)NCCc2ccccc2)CC1. The second-order valence-corrected chi connectivity index (χ2v) is 7.72. The molecule has 1 saturated carbocycles. The third kappa shape index (κ3) is 5.69. The first-order chi connectivity index (χ1) is 13.6. The first-order valence-electron chi connectivity index (χ1n) is 10.3. The predicted molar refractivity (Wildman–Crippen MR) is 112 cm³/mol. The van der Waals surface area contributed by atoms with E-state index in [1.54, 1.807) is 0 Å². The highest BCUT2D eigenvalue weighted by atomic mass is 16.2. The van der Waals surface area contributed by atoms with Crippen LogP contribution >= 0.6 is 0 Å². The van der Waals surface area contributed by atoms with E-state index in [-0.39, 0.29) is 23.7 Å². The van der Waals surface area contributed by atoms with E-state index in [9.17, 15) is 9.59 Å². The van der Waals surface area contributed by atoms with Crippen molar-refractivity contribution in [2.75, 3.05) is 6.54 Å². The summed E-state index contributed by atoms with van der Waals surface area (Å²) in [7, 11) is 0. The quantitative estimate of drug-likeness (QED) is 0.770. The van der Waals surface area contributed by atoms with Crippen molar-refractivity contribution >= 4 is 11.8 Å². The predicted octanol–water partition coefficient (Wildman–Crippen LogP) is 3.78. The monoisotopic (exact) mass is 378 g/mol. The Morgan fingerprint density at radius 3 is 2.04 bits per heavy atom. The molecule has 1 aliphatic carbocycles. The van der Waals surface area contributed by atoms with E-state index in [2.05, 4.69) is 35.8 Å². The van der Waals surface area contributed by atoms with Gasteiger partial charge in [0.25, 0.3) is 0 Å². The maximum absolute atomic E-state index is 12.5. The van der Waals surface area contributed by atoms with E-state index in [0.717, 1.165) is 37.7 Å². The minimum Gasteiger partial charge on any atom is -0.356 e. The second kappa shape index (κ2) is 10.1. The van der Waals surface area contributed by atoms with Gasteiger partial charge in [0.1, 0.15) is 0 Å². The number of carbonyl (C=O) groups is 2. The lowest BCUT2D eigenvalue weighted by atomic mass is 9.81. The number of carbonyl (C=O) groups excluding carboxylic acids is 2. The normalized spacial score (nSPS) is 19.0. The molecule has 148 valence electrons. The van der Waals surface area contributed by atoms with Gasteiger partial charge in [-0.25, -0.2) is 0 Å². The van der Waals surface area contributed by atoms with Crippen LogP contribution in [-0.2, 0) is 22.6 Å². The van der Waals surface area contributed by atoms with Gasteiger partial charge >= 0.3 is 0 Å². The maximum atomic E-state index is 12.5. The third-order valence-corrected chi connectivity index (χ3v) is 5.74. The average Bonchev–Trinajstić information content (AvgIpc) is 2.74. The van der Waals surface area contributed by atoms with Gasteiger partial charge in [0, 0.05) is 24.9 Å². The zero-order valence-corrected chi connectivity index (χ0v) is 16.6. The van der Waals surface area contributed by atoms with Crippen molar-refractivity contribution in [3.63, 3.8) is 0 Å². The Labute approximate surface area is 167 Å². The van der Waals surface area contributed by atoms with Crippen molar-refractivity contribution < 1.29 is 9.59 Å².